The molecule has 0 bridgehead atoms. The maximum atomic E-state index is 12.9. The Labute approximate surface area is 148 Å². The number of nitrogens with zero attached hydrogens (tertiary/aromatic N) is 5. The summed E-state index contributed by atoms with van der Waals surface area (Å²) in [6.07, 6.45) is -7.80. The van der Waals surface area contributed by atoms with Gasteiger partial charge in [0, 0.05) is 12.1 Å². The molecule has 2 aromatic heterocycles. The van der Waals surface area contributed by atoms with Crippen molar-refractivity contribution >= 4 is 17.7 Å². The molecular formula is C13H15F5N6OS. The highest BCUT2D eigenvalue weighted by Gasteiger charge is 2.34. The molecule has 0 aliphatic rings. The van der Waals surface area contributed by atoms with Crippen molar-refractivity contribution in [3.63, 3.8) is 0 Å². The van der Waals surface area contributed by atoms with Gasteiger partial charge in [-0.25, -0.2) is 13.5 Å². The van der Waals surface area contributed by atoms with Gasteiger partial charge < -0.3 is 0 Å². The first-order chi connectivity index (χ1) is 12.1. The summed E-state index contributed by atoms with van der Waals surface area (Å²) in [5.41, 5.74) is 1.41. The van der Waals surface area contributed by atoms with E-state index in [1.165, 1.54) is 6.92 Å². The second-order valence-corrected chi connectivity index (χ2v) is 6.32. The fourth-order valence-electron chi connectivity index (χ4n) is 2.01. The van der Waals surface area contributed by atoms with E-state index in [2.05, 4.69) is 20.7 Å². The van der Waals surface area contributed by atoms with Crippen LogP contribution in [0, 0.1) is 6.92 Å². The number of hydrogen-bond acceptors (Lipinski definition) is 5. The first-order valence-corrected chi connectivity index (χ1v) is 8.39. The lowest BCUT2D eigenvalue weighted by atomic mass is 10.3. The van der Waals surface area contributed by atoms with Crippen LogP contribution in [-0.4, -0.2) is 36.3 Å². The second kappa shape index (κ2) is 8.01. The number of alkyl halides is 5. The van der Waals surface area contributed by atoms with E-state index in [4.69, 9.17) is 0 Å². The highest BCUT2D eigenvalue weighted by molar-refractivity contribution is 7.99. The van der Waals surface area contributed by atoms with Crippen LogP contribution in [0.5, 0.6) is 0 Å². The molecule has 0 unspecified atom stereocenters. The Balaban J connectivity index is 2.06. The van der Waals surface area contributed by atoms with Gasteiger partial charge in [0.1, 0.15) is 0 Å². The number of carbonyl (C=O) groups excluding carboxylic acids is 1. The van der Waals surface area contributed by atoms with Crippen molar-refractivity contribution in [3.8, 4) is 0 Å². The lowest BCUT2D eigenvalue weighted by Crippen LogP contribution is -2.27. The van der Waals surface area contributed by atoms with Gasteiger partial charge in [-0.1, -0.05) is 18.7 Å². The fraction of sp³-hybridized carbons (Fsp3) is 0.538. The van der Waals surface area contributed by atoms with Gasteiger partial charge in [0.05, 0.1) is 6.54 Å². The molecule has 1 N–H and O–H groups in total. The number of thioether (sulfide) groups is 1. The number of rotatable bonds is 7. The van der Waals surface area contributed by atoms with E-state index in [1.807, 2.05) is 0 Å². The lowest BCUT2D eigenvalue weighted by Gasteiger charge is -2.11. The second-order valence-electron chi connectivity index (χ2n) is 5.09. The molecular weight excluding hydrogens is 383 g/mol. The SMILES string of the molecule is CCSc1nnc(C(F)F)n1NC(=O)CCn1nc(C(F)(F)F)cc1C. The van der Waals surface area contributed by atoms with E-state index in [0.717, 1.165) is 27.2 Å². The Morgan fingerprint density at radius 2 is 2.04 bits per heavy atom. The lowest BCUT2D eigenvalue weighted by molar-refractivity contribution is -0.141. The van der Waals surface area contributed by atoms with Crippen molar-refractivity contribution in [3.05, 3.63) is 23.3 Å². The van der Waals surface area contributed by atoms with Crippen LogP contribution in [0.1, 0.15) is 37.0 Å². The van der Waals surface area contributed by atoms with Crippen molar-refractivity contribution in [2.24, 2.45) is 0 Å². The third-order valence-electron chi connectivity index (χ3n) is 3.19. The fourth-order valence-corrected chi connectivity index (χ4v) is 2.64. The molecule has 0 fully saturated rings. The number of hydrogen-bond donors (Lipinski definition) is 1. The largest absolute Gasteiger partial charge is 0.435 e. The summed E-state index contributed by atoms with van der Waals surface area (Å²) in [7, 11) is 0. The minimum atomic E-state index is -4.58. The van der Waals surface area contributed by atoms with Crippen LogP contribution in [0.25, 0.3) is 0 Å². The summed E-state index contributed by atoms with van der Waals surface area (Å²) >= 11 is 1.10. The van der Waals surface area contributed by atoms with Crippen LogP contribution in [0.3, 0.4) is 0 Å². The normalized spacial score (nSPS) is 12.0. The molecule has 1 amide bonds. The van der Waals surface area contributed by atoms with Crippen molar-refractivity contribution in [1.29, 1.82) is 0 Å². The molecule has 0 aromatic carbocycles. The molecule has 144 valence electrons. The number of halogens is 5. The minimum Gasteiger partial charge on any atom is -0.273 e. The molecule has 0 saturated carbocycles. The van der Waals surface area contributed by atoms with Crippen LogP contribution in [0.15, 0.2) is 11.2 Å². The average molecular weight is 398 g/mol. The standard InChI is InChI=1S/C13H15F5N6OS/c1-3-26-12-20-19-11(10(14)15)24(12)22-9(25)4-5-23-7(2)6-8(21-23)13(16,17)18/h6,10H,3-5H2,1-2H3,(H,22,25). The van der Waals surface area contributed by atoms with Gasteiger partial charge in [-0.2, -0.15) is 18.3 Å². The summed E-state index contributed by atoms with van der Waals surface area (Å²) in [6.45, 7) is 3.05. The number of nitrogens with one attached hydrogen (secondary N) is 1. The van der Waals surface area contributed by atoms with Gasteiger partial charge >= 0.3 is 6.18 Å². The Morgan fingerprint density at radius 1 is 1.35 bits per heavy atom. The molecule has 0 aliphatic carbocycles. The Hall–Kier alpha value is -2.18. The van der Waals surface area contributed by atoms with E-state index in [1.54, 1.807) is 6.92 Å². The van der Waals surface area contributed by atoms with Crippen molar-refractivity contribution in [1.82, 2.24) is 24.7 Å². The maximum Gasteiger partial charge on any atom is 0.435 e. The van der Waals surface area contributed by atoms with E-state index >= 15 is 0 Å². The molecule has 0 saturated heterocycles. The molecule has 2 rings (SSSR count). The number of amides is 1. The van der Waals surface area contributed by atoms with Crippen molar-refractivity contribution in [2.45, 2.75) is 44.6 Å². The Bertz CT molecular complexity index is 772. The van der Waals surface area contributed by atoms with Gasteiger partial charge in [-0.05, 0) is 18.7 Å². The zero-order valence-corrected chi connectivity index (χ0v) is 14.5. The van der Waals surface area contributed by atoms with Crippen LogP contribution in [-0.2, 0) is 17.5 Å². The molecule has 13 heteroatoms. The van der Waals surface area contributed by atoms with Gasteiger partial charge in [0.25, 0.3) is 6.43 Å². The summed E-state index contributed by atoms with van der Waals surface area (Å²) in [5, 5.41) is 10.4. The number of aromatic nitrogens is 5. The Kier molecular flexibility index (Phi) is 6.21. The van der Waals surface area contributed by atoms with Crippen LogP contribution >= 0.6 is 11.8 Å². The third kappa shape index (κ3) is 4.71. The molecule has 0 aliphatic heterocycles. The summed E-state index contributed by atoms with van der Waals surface area (Å²) in [4.78, 5) is 12.0. The molecule has 0 spiro atoms. The zero-order chi connectivity index (χ0) is 19.5. The van der Waals surface area contributed by atoms with E-state index in [9.17, 15) is 26.7 Å². The first-order valence-electron chi connectivity index (χ1n) is 7.41. The number of aryl methyl sites for hydroxylation is 2. The smallest absolute Gasteiger partial charge is 0.273 e. The predicted molar refractivity (Wildman–Crippen MR) is 82.3 cm³/mol. The highest BCUT2D eigenvalue weighted by atomic mass is 32.2. The zero-order valence-electron chi connectivity index (χ0n) is 13.7. The quantitative estimate of drug-likeness (QED) is 0.573. The molecule has 0 radical (unpaired) electrons. The van der Waals surface area contributed by atoms with Gasteiger partial charge in [0.15, 0.2) is 5.69 Å². The summed E-state index contributed by atoms with van der Waals surface area (Å²) in [6, 6.07) is 0.864. The van der Waals surface area contributed by atoms with Crippen molar-refractivity contribution < 1.29 is 26.7 Å². The monoisotopic (exact) mass is 398 g/mol. The van der Waals surface area contributed by atoms with E-state index < -0.39 is 30.0 Å². The van der Waals surface area contributed by atoms with Gasteiger partial charge in [0.2, 0.25) is 16.9 Å². The van der Waals surface area contributed by atoms with Gasteiger partial charge in [-0.15, -0.1) is 10.2 Å². The first kappa shape index (κ1) is 20.1. The van der Waals surface area contributed by atoms with Crippen LogP contribution < -0.4 is 5.43 Å². The van der Waals surface area contributed by atoms with Crippen molar-refractivity contribution in [2.75, 3.05) is 11.2 Å². The van der Waals surface area contributed by atoms with Gasteiger partial charge in [-0.3, -0.25) is 14.9 Å². The van der Waals surface area contributed by atoms with E-state index in [-0.39, 0.29) is 23.8 Å². The molecule has 0 atom stereocenters. The molecule has 2 aromatic rings. The van der Waals surface area contributed by atoms with Crippen LogP contribution in [0.2, 0.25) is 0 Å². The van der Waals surface area contributed by atoms with Crippen LogP contribution in [0.4, 0.5) is 22.0 Å². The predicted octanol–water partition coefficient (Wildman–Crippen LogP) is 3.01. The molecule has 2 heterocycles. The molecule has 26 heavy (non-hydrogen) atoms. The molecule has 7 nitrogen and oxygen atoms in total. The summed E-state index contributed by atoms with van der Waals surface area (Å²) < 4.78 is 65.6. The Morgan fingerprint density at radius 3 is 2.58 bits per heavy atom. The topological polar surface area (TPSA) is 77.6 Å². The summed E-state index contributed by atoms with van der Waals surface area (Å²) in [5.74, 6) is -0.888. The average Bonchev–Trinajstić information content (AvgIpc) is 3.10. The van der Waals surface area contributed by atoms with E-state index in [0.29, 0.717) is 5.75 Å². The minimum absolute atomic E-state index is 0.0887. The number of carbonyl (C=O) groups is 1. The highest BCUT2D eigenvalue weighted by Crippen LogP contribution is 2.28. The third-order valence-corrected chi connectivity index (χ3v) is 4.00. The maximum absolute atomic E-state index is 12.9.